The van der Waals surface area contributed by atoms with Gasteiger partial charge >= 0.3 is 0 Å². The molecule has 88 valence electrons. The van der Waals surface area contributed by atoms with Crippen LogP contribution in [0.3, 0.4) is 0 Å². The van der Waals surface area contributed by atoms with E-state index in [2.05, 4.69) is 4.98 Å². The molecule has 0 fully saturated rings. The number of carbonyl (C=O) groups excluding carboxylic acids is 1. The second kappa shape index (κ2) is 4.74. The van der Waals surface area contributed by atoms with Crippen molar-refractivity contribution in [3.63, 3.8) is 0 Å². The van der Waals surface area contributed by atoms with Gasteiger partial charge in [-0.2, -0.15) is 0 Å². The quantitative estimate of drug-likeness (QED) is 0.730. The number of likely N-dealkylation sites (N-methyl/N-ethyl adjacent to an activating group) is 1. The maximum absolute atomic E-state index is 12.4. The Hall–Kier alpha value is -1.22. The lowest BCUT2D eigenvalue weighted by Gasteiger charge is -2.34. The topological polar surface area (TPSA) is 33.2 Å². The number of pyridine rings is 1. The molecular weight excluding hydrogens is 200 g/mol. The third kappa shape index (κ3) is 2.30. The van der Waals surface area contributed by atoms with Gasteiger partial charge in [-0.25, -0.2) is 0 Å². The Balaban J connectivity index is 3.10. The highest BCUT2D eigenvalue weighted by molar-refractivity contribution is 6.02. The summed E-state index contributed by atoms with van der Waals surface area (Å²) in [6, 6.07) is 1.90. The number of hydrogen-bond donors (Lipinski definition) is 0. The lowest BCUT2D eigenvalue weighted by molar-refractivity contribution is 0.0710. The van der Waals surface area contributed by atoms with Gasteiger partial charge in [0.05, 0.1) is 5.54 Å². The highest BCUT2D eigenvalue weighted by Gasteiger charge is 2.34. The number of ketones is 1. The molecule has 0 bridgehead atoms. The molecule has 0 saturated heterocycles. The maximum Gasteiger partial charge on any atom is 0.184 e. The molecule has 1 aromatic rings. The lowest BCUT2D eigenvalue weighted by Crippen LogP contribution is -2.48. The number of carbonyl (C=O) groups is 1. The molecule has 1 heterocycles. The minimum absolute atomic E-state index is 0.135. The predicted octanol–water partition coefficient (Wildman–Crippen LogP) is 2.30. The Morgan fingerprint density at radius 2 is 2.06 bits per heavy atom. The van der Waals surface area contributed by atoms with Crippen LogP contribution in [-0.4, -0.2) is 35.3 Å². The minimum Gasteiger partial charge on any atom is -0.297 e. The van der Waals surface area contributed by atoms with E-state index >= 15 is 0 Å². The molecule has 0 N–H and O–H groups in total. The Kier molecular flexibility index (Phi) is 3.81. The van der Waals surface area contributed by atoms with Gasteiger partial charge in [0.25, 0.3) is 0 Å². The number of hydrogen-bond acceptors (Lipinski definition) is 3. The van der Waals surface area contributed by atoms with E-state index in [-0.39, 0.29) is 5.78 Å². The van der Waals surface area contributed by atoms with Crippen molar-refractivity contribution < 1.29 is 4.79 Å². The minimum atomic E-state index is -0.449. The van der Waals surface area contributed by atoms with Gasteiger partial charge in [0.2, 0.25) is 0 Å². The summed E-state index contributed by atoms with van der Waals surface area (Å²) in [5, 5.41) is 0. The molecule has 3 heteroatoms. The van der Waals surface area contributed by atoms with Gasteiger partial charge in [0.1, 0.15) is 0 Å². The molecule has 16 heavy (non-hydrogen) atoms. The predicted molar refractivity (Wildman–Crippen MR) is 65.7 cm³/mol. The molecule has 0 amide bonds. The van der Waals surface area contributed by atoms with Gasteiger partial charge in [-0.3, -0.25) is 14.7 Å². The molecule has 1 unspecified atom stereocenters. The van der Waals surface area contributed by atoms with Gasteiger partial charge in [0.15, 0.2) is 5.78 Å². The summed E-state index contributed by atoms with van der Waals surface area (Å²) in [6.07, 6.45) is 4.19. The standard InChI is InChI=1S/C13H20N2O/c1-6-13(3,15(4)5)12(16)11-7-10(2)8-14-9-11/h7-9H,6H2,1-5H3. The maximum atomic E-state index is 12.4. The number of Topliss-reactive ketones (excluding diaryl/α,β-unsaturated/α-hetero) is 1. The van der Waals surface area contributed by atoms with Crippen LogP contribution in [-0.2, 0) is 0 Å². The SMILES string of the molecule is CCC(C)(C(=O)c1cncc(C)c1)N(C)C. The van der Waals surface area contributed by atoms with Gasteiger partial charge in [-0.05, 0) is 46.0 Å². The number of aromatic nitrogens is 1. The smallest absolute Gasteiger partial charge is 0.184 e. The number of aryl methyl sites for hydroxylation is 1. The van der Waals surface area contributed by atoms with Crippen molar-refractivity contribution >= 4 is 5.78 Å². The van der Waals surface area contributed by atoms with Crippen LogP contribution in [0.4, 0.5) is 0 Å². The molecule has 0 aliphatic carbocycles. The monoisotopic (exact) mass is 220 g/mol. The largest absolute Gasteiger partial charge is 0.297 e. The van der Waals surface area contributed by atoms with E-state index in [0.29, 0.717) is 5.56 Å². The summed E-state index contributed by atoms with van der Waals surface area (Å²) in [5.41, 5.74) is 1.26. The van der Waals surface area contributed by atoms with E-state index in [0.717, 1.165) is 12.0 Å². The van der Waals surface area contributed by atoms with Crippen molar-refractivity contribution in [2.24, 2.45) is 0 Å². The Morgan fingerprint density at radius 3 is 2.50 bits per heavy atom. The third-order valence-corrected chi connectivity index (χ3v) is 3.30. The molecule has 1 atom stereocenters. The Morgan fingerprint density at radius 1 is 1.44 bits per heavy atom. The first-order chi connectivity index (χ1) is 7.41. The summed E-state index contributed by atoms with van der Waals surface area (Å²) < 4.78 is 0. The molecule has 3 nitrogen and oxygen atoms in total. The van der Waals surface area contributed by atoms with Crippen molar-refractivity contribution in [3.05, 3.63) is 29.6 Å². The first-order valence-electron chi connectivity index (χ1n) is 5.55. The van der Waals surface area contributed by atoms with Crippen LogP contribution in [0.25, 0.3) is 0 Å². The van der Waals surface area contributed by atoms with Crippen LogP contribution in [0.2, 0.25) is 0 Å². The molecule has 0 aliphatic heterocycles. The Bertz CT molecular complexity index is 387. The normalized spacial score (nSPS) is 14.9. The zero-order chi connectivity index (χ0) is 12.3. The van der Waals surface area contributed by atoms with Crippen LogP contribution in [0.1, 0.15) is 36.2 Å². The summed E-state index contributed by atoms with van der Waals surface area (Å²) in [6.45, 7) is 5.95. The Labute approximate surface area is 97.5 Å². The second-order valence-corrected chi connectivity index (χ2v) is 4.60. The van der Waals surface area contributed by atoms with Crippen molar-refractivity contribution in [2.75, 3.05) is 14.1 Å². The summed E-state index contributed by atoms with van der Waals surface area (Å²) in [4.78, 5) is 18.5. The molecular formula is C13H20N2O. The van der Waals surface area contributed by atoms with Crippen LogP contribution >= 0.6 is 0 Å². The van der Waals surface area contributed by atoms with Crippen molar-refractivity contribution in [1.82, 2.24) is 9.88 Å². The van der Waals surface area contributed by atoms with E-state index in [1.807, 2.05) is 45.8 Å². The van der Waals surface area contributed by atoms with E-state index < -0.39 is 5.54 Å². The average Bonchev–Trinajstić information content (AvgIpc) is 2.26. The van der Waals surface area contributed by atoms with E-state index in [1.165, 1.54) is 0 Å². The van der Waals surface area contributed by atoms with Gasteiger partial charge in [0, 0.05) is 18.0 Å². The highest BCUT2D eigenvalue weighted by Crippen LogP contribution is 2.22. The first-order valence-corrected chi connectivity index (χ1v) is 5.55. The zero-order valence-electron chi connectivity index (χ0n) is 10.7. The molecule has 1 rings (SSSR count). The van der Waals surface area contributed by atoms with Crippen LogP contribution in [0, 0.1) is 6.92 Å². The van der Waals surface area contributed by atoms with E-state index in [9.17, 15) is 4.79 Å². The van der Waals surface area contributed by atoms with E-state index in [1.54, 1.807) is 12.4 Å². The highest BCUT2D eigenvalue weighted by atomic mass is 16.1. The van der Waals surface area contributed by atoms with Gasteiger partial charge in [-0.1, -0.05) is 6.92 Å². The fraction of sp³-hybridized carbons (Fsp3) is 0.538. The van der Waals surface area contributed by atoms with Crippen molar-refractivity contribution in [2.45, 2.75) is 32.7 Å². The van der Waals surface area contributed by atoms with Crippen LogP contribution < -0.4 is 0 Å². The van der Waals surface area contributed by atoms with Crippen molar-refractivity contribution in [3.8, 4) is 0 Å². The van der Waals surface area contributed by atoms with Crippen LogP contribution in [0.5, 0.6) is 0 Å². The third-order valence-electron chi connectivity index (χ3n) is 3.30. The molecule has 1 aromatic heterocycles. The number of rotatable bonds is 4. The molecule has 0 saturated carbocycles. The van der Waals surface area contributed by atoms with Gasteiger partial charge in [-0.15, -0.1) is 0 Å². The molecule has 0 aliphatic rings. The molecule has 0 spiro atoms. The van der Waals surface area contributed by atoms with E-state index in [4.69, 9.17) is 0 Å². The fourth-order valence-corrected chi connectivity index (χ4v) is 1.67. The van der Waals surface area contributed by atoms with Gasteiger partial charge < -0.3 is 0 Å². The summed E-state index contributed by atoms with van der Waals surface area (Å²) >= 11 is 0. The summed E-state index contributed by atoms with van der Waals surface area (Å²) in [7, 11) is 3.87. The zero-order valence-corrected chi connectivity index (χ0v) is 10.7. The molecule has 0 radical (unpaired) electrons. The fourth-order valence-electron chi connectivity index (χ4n) is 1.67. The lowest BCUT2D eigenvalue weighted by atomic mass is 9.88. The average molecular weight is 220 g/mol. The second-order valence-electron chi connectivity index (χ2n) is 4.60. The molecule has 0 aromatic carbocycles. The summed E-state index contributed by atoms with van der Waals surface area (Å²) in [5.74, 6) is 0.135. The first kappa shape index (κ1) is 12.8. The van der Waals surface area contributed by atoms with Crippen molar-refractivity contribution in [1.29, 1.82) is 0 Å². The number of nitrogens with zero attached hydrogens (tertiary/aromatic N) is 2. The van der Waals surface area contributed by atoms with Crippen LogP contribution in [0.15, 0.2) is 18.5 Å².